The van der Waals surface area contributed by atoms with Crippen molar-refractivity contribution in [3.05, 3.63) is 63.1 Å². The average molecular weight is 465 g/mol. The highest BCUT2D eigenvalue weighted by atomic mass is 35.5. The van der Waals surface area contributed by atoms with Crippen molar-refractivity contribution in [1.29, 1.82) is 0 Å². The molecule has 1 fully saturated rings. The molecule has 1 amide bonds. The van der Waals surface area contributed by atoms with Crippen LogP contribution < -0.4 is 5.01 Å². The molecule has 0 unspecified atom stereocenters. The van der Waals surface area contributed by atoms with Crippen LogP contribution in [0.25, 0.3) is 0 Å². The van der Waals surface area contributed by atoms with Crippen molar-refractivity contribution in [2.45, 2.75) is 38.6 Å². The van der Waals surface area contributed by atoms with E-state index in [1.807, 2.05) is 40.2 Å². The Morgan fingerprint density at radius 1 is 0.933 bits per heavy atom. The number of likely N-dealkylation sites (tertiary alicyclic amines) is 1. The molecule has 2 atom stereocenters. The van der Waals surface area contributed by atoms with E-state index >= 15 is 0 Å². The van der Waals surface area contributed by atoms with Gasteiger partial charge in [0.1, 0.15) is 5.71 Å². The van der Waals surface area contributed by atoms with Crippen molar-refractivity contribution >= 4 is 52.1 Å². The summed E-state index contributed by atoms with van der Waals surface area (Å²) in [4.78, 5) is 15.4. The molecule has 0 radical (unpaired) electrons. The topological polar surface area (TPSA) is 35.9 Å². The van der Waals surface area contributed by atoms with Gasteiger partial charge in [0, 0.05) is 29.1 Å². The monoisotopic (exact) mass is 463 g/mol. The predicted octanol–water partition coefficient (Wildman–Crippen LogP) is 6.60. The average Bonchev–Trinajstić information content (AvgIpc) is 2.90. The van der Waals surface area contributed by atoms with Crippen LogP contribution in [-0.4, -0.2) is 29.6 Å². The lowest BCUT2D eigenvalue weighted by molar-refractivity contribution is -0.124. The molecule has 7 heteroatoms. The first kappa shape index (κ1) is 21.5. The van der Waals surface area contributed by atoms with Gasteiger partial charge in [-0.2, -0.15) is 5.10 Å². The predicted molar refractivity (Wildman–Crippen MR) is 125 cm³/mol. The fraction of sp³-hybridized carbons (Fsp3) is 0.391. The Bertz CT molecular complexity index is 953. The molecule has 4 nitrogen and oxygen atoms in total. The number of carbonyl (C=O) groups excluding carboxylic acids is 1. The van der Waals surface area contributed by atoms with E-state index in [2.05, 4.69) is 6.92 Å². The van der Waals surface area contributed by atoms with Crippen molar-refractivity contribution in [1.82, 2.24) is 4.90 Å². The van der Waals surface area contributed by atoms with Gasteiger partial charge in [-0.05, 0) is 48.7 Å². The number of hydrogen-bond donors (Lipinski definition) is 0. The van der Waals surface area contributed by atoms with Crippen molar-refractivity contribution < 1.29 is 4.79 Å². The number of amides is 1. The van der Waals surface area contributed by atoms with Crippen LogP contribution in [0.15, 0.2) is 47.6 Å². The zero-order valence-electron chi connectivity index (χ0n) is 16.8. The molecule has 2 aromatic rings. The van der Waals surface area contributed by atoms with Crippen LogP contribution in [0.5, 0.6) is 0 Å². The molecule has 158 valence electrons. The number of benzene rings is 2. The number of anilines is 1. The number of nitrogens with zero attached hydrogens (tertiary/aromatic N) is 3. The Balaban J connectivity index is 1.73. The van der Waals surface area contributed by atoms with E-state index in [9.17, 15) is 4.79 Å². The minimum atomic E-state index is -0.160. The molecule has 2 aliphatic rings. The van der Waals surface area contributed by atoms with E-state index < -0.39 is 0 Å². The maximum atomic E-state index is 13.4. The Labute approximate surface area is 192 Å². The van der Waals surface area contributed by atoms with Gasteiger partial charge < -0.3 is 4.90 Å². The Hall–Kier alpha value is -1.75. The molecule has 0 aliphatic carbocycles. The van der Waals surface area contributed by atoms with Crippen LogP contribution >= 0.6 is 34.8 Å². The first-order valence-corrected chi connectivity index (χ1v) is 11.5. The molecule has 2 aromatic carbocycles. The van der Waals surface area contributed by atoms with Gasteiger partial charge in [0.05, 0.1) is 16.8 Å². The van der Waals surface area contributed by atoms with Crippen molar-refractivity contribution in [3.8, 4) is 0 Å². The van der Waals surface area contributed by atoms with Gasteiger partial charge in [-0.3, -0.25) is 9.80 Å². The van der Waals surface area contributed by atoms with Gasteiger partial charge in [0.25, 0.3) is 5.91 Å². The van der Waals surface area contributed by atoms with Gasteiger partial charge in [-0.25, -0.2) is 0 Å². The fourth-order valence-electron chi connectivity index (χ4n) is 4.26. The molecular weight excluding hydrogens is 441 g/mol. The lowest BCUT2D eigenvalue weighted by Crippen LogP contribution is -2.39. The van der Waals surface area contributed by atoms with Gasteiger partial charge in [-0.15, -0.1) is 0 Å². The summed E-state index contributed by atoms with van der Waals surface area (Å²) in [5.41, 5.74) is 2.33. The summed E-state index contributed by atoms with van der Waals surface area (Å²) in [6.45, 7) is 3.63. The third kappa shape index (κ3) is 4.32. The van der Waals surface area contributed by atoms with Crippen molar-refractivity contribution in [3.63, 3.8) is 0 Å². The summed E-state index contributed by atoms with van der Waals surface area (Å²) in [5.74, 6) is -0.0791. The molecule has 0 aromatic heterocycles. The number of rotatable bonds is 3. The van der Waals surface area contributed by atoms with E-state index in [-0.39, 0.29) is 17.9 Å². The molecule has 0 N–H and O–H groups in total. The smallest absolute Gasteiger partial charge is 0.270 e. The van der Waals surface area contributed by atoms with Crippen LogP contribution in [0.4, 0.5) is 5.69 Å². The maximum Gasteiger partial charge on any atom is 0.270 e. The minimum absolute atomic E-state index is 0.0240. The highest BCUT2D eigenvalue weighted by molar-refractivity contribution is 6.41. The second-order valence-corrected chi connectivity index (χ2v) is 9.20. The third-order valence-electron chi connectivity index (χ3n) is 5.86. The maximum absolute atomic E-state index is 13.4. The SMILES string of the molecule is C[C@@H]1C(C(=O)N2CCCCCC2)=NN(c2ccc(Cl)cc2Cl)[C@H]1c1ccc(Cl)cc1. The van der Waals surface area contributed by atoms with E-state index in [4.69, 9.17) is 39.9 Å². The molecule has 0 bridgehead atoms. The van der Waals surface area contributed by atoms with E-state index in [0.717, 1.165) is 37.2 Å². The second-order valence-electron chi connectivity index (χ2n) is 7.92. The van der Waals surface area contributed by atoms with Crippen LogP contribution in [-0.2, 0) is 4.79 Å². The summed E-state index contributed by atoms with van der Waals surface area (Å²) in [6.07, 6.45) is 4.43. The molecule has 0 saturated carbocycles. The first-order valence-electron chi connectivity index (χ1n) is 10.3. The summed E-state index contributed by atoms with van der Waals surface area (Å²) in [5, 5.41) is 8.40. The molecule has 2 aliphatic heterocycles. The zero-order valence-corrected chi connectivity index (χ0v) is 19.1. The zero-order chi connectivity index (χ0) is 21.3. The lowest BCUT2D eigenvalue weighted by Gasteiger charge is -2.28. The highest BCUT2D eigenvalue weighted by Crippen LogP contribution is 2.42. The Morgan fingerprint density at radius 2 is 1.57 bits per heavy atom. The quantitative estimate of drug-likeness (QED) is 0.513. The molecule has 30 heavy (non-hydrogen) atoms. The summed E-state index contributed by atoms with van der Waals surface area (Å²) >= 11 is 18.7. The fourth-order valence-corrected chi connectivity index (χ4v) is 4.89. The summed E-state index contributed by atoms with van der Waals surface area (Å²) < 4.78 is 0. The number of carbonyl (C=O) groups is 1. The third-order valence-corrected chi connectivity index (χ3v) is 6.65. The van der Waals surface area contributed by atoms with Crippen molar-refractivity contribution in [2.75, 3.05) is 18.1 Å². The van der Waals surface area contributed by atoms with E-state index in [1.165, 1.54) is 12.8 Å². The molecule has 2 heterocycles. The Kier molecular flexibility index (Phi) is 6.57. The molecule has 1 saturated heterocycles. The van der Waals surface area contributed by atoms with Crippen LogP contribution in [0.2, 0.25) is 15.1 Å². The number of hydrazone groups is 1. The van der Waals surface area contributed by atoms with Gasteiger partial charge >= 0.3 is 0 Å². The molecule has 4 rings (SSSR count). The second kappa shape index (κ2) is 9.17. The minimum Gasteiger partial charge on any atom is -0.338 e. The number of halogens is 3. The highest BCUT2D eigenvalue weighted by Gasteiger charge is 2.41. The van der Waals surface area contributed by atoms with Crippen molar-refractivity contribution in [2.24, 2.45) is 11.0 Å². The van der Waals surface area contributed by atoms with Crippen LogP contribution in [0, 0.1) is 5.92 Å². The largest absolute Gasteiger partial charge is 0.338 e. The normalized spacial score (nSPS) is 22.1. The molecular formula is C23H24Cl3N3O. The standard InChI is InChI=1S/C23H24Cl3N3O/c1-15-21(23(30)28-12-4-2-3-5-13-28)27-29(20-11-10-18(25)14-19(20)26)22(15)16-6-8-17(24)9-7-16/h6-11,14-15,22H,2-5,12-13H2,1H3/t15-,22-/m1/s1. The van der Waals surface area contributed by atoms with E-state index in [1.54, 1.807) is 12.1 Å². The van der Waals surface area contributed by atoms with Gasteiger partial charge in [-0.1, -0.05) is 66.7 Å². The van der Waals surface area contributed by atoms with Gasteiger partial charge in [0.2, 0.25) is 0 Å². The first-order chi connectivity index (χ1) is 14.5. The van der Waals surface area contributed by atoms with Gasteiger partial charge in [0.15, 0.2) is 0 Å². The van der Waals surface area contributed by atoms with Crippen LogP contribution in [0.1, 0.15) is 44.2 Å². The summed E-state index contributed by atoms with van der Waals surface area (Å²) in [6, 6.07) is 12.9. The molecule has 0 spiro atoms. The Morgan fingerprint density at radius 3 is 2.20 bits per heavy atom. The lowest BCUT2D eigenvalue weighted by atomic mass is 9.90. The van der Waals surface area contributed by atoms with Crippen LogP contribution in [0.3, 0.4) is 0 Å². The number of hydrogen-bond acceptors (Lipinski definition) is 3. The van der Waals surface area contributed by atoms with E-state index in [0.29, 0.717) is 20.8 Å². The summed E-state index contributed by atoms with van der Waals surface area (Å²) in [7, 11) is 0.